The van der Waals surface area contributed by atoms with Gasteiger partial charge >= 0.3 is 6.09 Å². The smallest absolute Gasteiger partial charge is 0.408 e. The van der Waals surface area contributed by atoms with E-state index in [2.05, 4.69) is 15.6 Å². The van der Waals surface area contributed by atoms with Crippen LogP contribution >= 0.6 is 0 Å². The van der Waals surface area contributed by atoms with E-state index in [0.717, 1.165) is 24.1 Å². The van der Waals surface area contributed by atoms with E-state index in [4.69, 9.17) is 18.9 Å². The Bertz CT molecular complexity index is 2080. The predicted octanol–water partition coefficient (Wildman–Crippen LogP) is 4.09. The summed E-state index contributed by atoms with van der Waals surface area (Å²) in [5.74, 6) is -6.06. The molecule has 6 rings (SSSR count). The SMILES string of the molecule is COc1ccc2c(O[C@@H]3C[C@H]4C(=O)N[C@]5(C(=O)NS(=O)(=O)C6(CF)CC6)C[C@H]5/C=C\CC[C@@H](C)O[C@@H](C)[C@H](NC(=O)OC(C)(C)C(C)(F)F)C(=O)N4C3)nccc2c1. The van der Waals surface area contributed by atoms with Gasteiger partial charge in [-0.2, -0.15) is 0 Å². The monoisotopic (exact) mass is 837 g/mol. The van der Waals surface area contributed by atoms with Crippen LogP contribution in [-0.2, 0) is 33.9 Å². The van der Waals surface area contributed by atoms with Gasteiger partial charge in [0, 0.05) is 30.8 Å². The van der Waals surface area contributed by atoms with Crippen molar-refractivity contribution in [2.75, 3.05) is 20.3 Å². The number of nitrogens with zero attached hydrogens (tertiary/aromatic N) is 2. The lowest BCUT2D eigenvalue weighted by Crippen LogP contribution is -2.61. The van der Waals surface area contributed by atoms with E-state index >= 15 is 0 Å². The van der Waals surface area contributed by atoms with Crippen LogP contribution in [0.4, 0.5) is 18.0 Å². The number of benzene rings is 1. The highest BCUT2D eigenvalue weighted by atomic mass is 32.2. The lowest BCUT2D eigenvalue weighted by molar-refractivity contribution is -0.153. The van der Waals surface area contributed by atoms with Crippen molar-refractivity contribution in [3.05, 3.63) is 42.6 Å². The van der Waals surface area contributed by atoms with Crippen LogP contribution in [0.5, 0.6) is 11.6 Å². The van der Waals surface area contributed by atoms with E-state index in [-0.39, 0.29) is 38.1 Å². The summed E-state index contributed by atoms with van der Waals surface area (Å²) in [4.78, 5) is 61.8. The van der Waals surface area contributed by atoms with Gasteiger partial charge in [0.2, 0.25) is 27.7 Å². The molecule has 3 heterocycles. The molecule has 2 aromatic rings. The van der Waals surface area contributed by atoms with Crippen molar-refractivity contribution in [3.8, 4) is 11.6 Å². The largest absolute Gasteiger partial charge is 0.497 e. The third-order valence-corrected chi connectivity index (χ3v) is 13.8. The molecule has 3 fully saturated rings. The van der Waals surface area contributed by atoms with Crippen LogP contribution in [0.3, 0.4) is 0 Å². The van der Waals surface area contributed by atoms with Gasteiger partial charge in [-0.25, -0.2) is 31.4 Å². The van der Waals surface area contributed by atoms with E-state index in [1.165, 1.54) is 20.2 Å². The van der Waals surface area contributed by atoms with E-state index in [1.54, 1.807) is 43.3 Å². The maximum Gasteiger partial charge on any atom is 0.408 e. The van der Waals surface area contributed by atoms with Crippen LogP contribution < -0.4 is 24.8 Å². The molecule has 0 radical (unpaired) electrons. The van der Waals surface area contributed by atoms with Crippen molar-refractivity contribution in [2.45, 2.75) is 125 Å². The second-order valence-electron chi connectivity index (χ2n) is 16.3. The van der Waals surface area contributed by atoms with Gasteiger partial charge in [0.1, 0.15) is 40.9 Å². The van der Waals surface area contributed by atoms with Crippen LogP contribution in [0.25, 0.3) is 10.8 Å². The van der Waals surface area contributed by atoms with Crippen LogP contribution in [0.1, 0.15) is 73.1 Å². The number of carbonyl (C=O) groups is 4. The van der Waals surface area contributed by atoms with E-state index in [0.29, 0.717) is 30.9 Å². The van der Waals surface area contributed by atoms with Gasteiger partial charge in [-0.15, -0.1) is 0 Å². The summed E-state index contributed by atoms with van der Waals surface area (Å²) in [5, 5.41) is 6.45. The van der Waals surface area contributed by atoms with Gasteiger partial charge in [-0.1, -0.05) is 12.2 Å². The zero-order valence-electron chi connectivity index (χ0n) is 33.2. The third-order valence-electron chi connectivity index (χ3n) is 11.6. The van der Waals surface area contributed by atoms with Crippen LogP contribution in [0.15, 0.2) is 42.6 Å². The number of amides is 4. The number of sulfonamides is 1. The zero-order chi connectivity index (χ0) is 42.4. The number of nitrogens with one attached hydrogen (secondary N) is 3. The molecule has 1 aromatic carbocycles. The van der Waals surface area contributed by atoms with Crippen molar-refractivity contribution in [1.29, 1.82) is 0 Å². The first-order valence-corrected chi connectivity index (χ1v) is 20.7. The van der Waals surface area contributed by atoms with E-state index in [9.17, 15) is 40.8 Å². The number of aromatic nitrogens is 1. The fourth-order valence-corrected chi connectivity index (χ4v) is 8.67. The first kappa shape index (κ1) is 42.9. The molecule has 1 aromatic heterocycles. The number of pyridine rings is 1. The highest BCUT2D eigenvalue weighted by Gasteiger charge is 2.64. The number of alkyl halides is 3. The number of fused-ring (bicyclic) bond motifs is 3. The summed E-state index contributed by atoms with van der Waals surface area (Å²) in [5.41, 5.74) is -4.04. The highest BCUT2D eigenvalue weighted by molar-refractivity contribution is 7.91. The fourth-order valence-electron chi connectivity index (χ4n) is 7.24. The van der Waals surface area contributed by atoms with Crippen LogP contribution in [0, 0.1) is 5.92 Å². The van der Waals surface area contributed by atoms with Gasteiger partial charge in [-0.3, -0.25) is 19.1 Å². The van der Waals surface area contributed by atoms with Gasteiger partial charge < -0.3 is 34.5 Å². The Morgan fingerprint density at radius 2 is 1.86 bits per heavy atom. The molecule has 15 nitrogen and oxygen atoms in total. The number of halogens is 3. The third kappa shape index (κ3) is 8.56. The average molecular weight is 838 g/mol. The number of hydrogen-bond donors (Lipinski definition) is 3. The first-order valence-electron chi connectivity index (χ1n) is 19.2. The summed E-state index contributed by atoms with van der Waals surface area (Å²) in [6.45, 7) is 4.45. The molecule has 0 unspecified atom stereocenters. The summed E-state index contributed by atoms with van der Waals surface area (Å²) >= 11 is 0. The predicted molar refractivity (Wildman–Crippen MR) is 203 cm³/mol. The molecule has 318 valence electrons. The first-order chi connectivity index (χ1) is 27.2. The molecular formula is C39H50F3N5O10S. The van der Waals surface area contributed by atoms with Gasteiger partial charge in [-0.05, 0) is 89.5 Å². The molecule has 4 aliphatic rings. The standard InChI is InChI=1S/C39H50F3N5O10S/c1-22-9-7-8-10-25-19-39(25,34(50)46-58(52,53)38(21-40)14-15-38)45-31(48)29-18-27(56-32-28-12-11-26(54-6)17-24(28)13-16-43-32)20-47(29)33(49)30(23(2)55-22)44-35(51)57-36(3,4)37(5,41)42/h8,10-13,16-17,22-23,25,27,29-30H,7,9,14-15,18-21H2,1-6H3,(H,44,51)(H,45,48)(H,46,50)/b10-8-/t22-,23+,25-,27-,29+,30+,39-/m1/s1. The normalized spacial score (nSPS) is 29.4. The van der Waals surface area contributed by atoms with Crippen LogP contribution in [0.2, 0.25) is 0 Å². The Labute approximate surface area is 334 Å². The molecule has 2 aliphatic heterocycles. The summed E-state index contributed by atoms with van der Waals surface area (Å²) in [6, 6.07) is 4.03. The number of carbonyl (C=O) groups excluding carboxylic acids is 4. The molecule has 0 bridgehead atoms. The molecule has 1 saturated heterocycles. The molecule has 58 heavy (non-hydrogen) atoms. The summed E-state index contributed by atoms with van der Waals surface area (Å²) < 4.78 is 92.1. The van der Waals surface area contributed by atoms with Gasteiger partial charge in [0.15, 0.2) is 5.60 Å². The second-order valence-corrected chi connectivity index (χ2v) is 18.4. The lowest BCUT2D eigenvalue weighted by atomic mass is 10.0. The van der Waals surface area contributed by atoms with Crippen molar-refractivity contribution in [3.63, 3.8) is 0 Å². The number of alkyl carbamates (subject to hydrolysis) is 1. The average Bonchev–Trinajstić information content (AvgIpc) is 4.05. The quantitative estimate of drug-likeness (QED) is 0.292. The summed E-state index contributed by atoms with van der Waals surface area (Å²) in [6.07, 6.45) is 1.91. The lowest BCUT2D eigenvalue weighted by Gasteiger charge is -2.35. The number of ether oxygens (including phenoxy) is 4. The molecule has 19 heteroatoms. The van der Waals surface area contributed by atoms with E-state index in [1.807, 2.05) is 4.72 Å². The fraction of sp³-hybridized carbons (Fsp3) is 0.615. The van der Waals surface area contributed by atoms with Crippen molar-refractivity contribution in [1.82, 2.24) is 25.2 Å². The summed E-state index contributed by atoms with van der Waals surface area (Å²) in [7, 11) is -2.93. The second kappa shape index (κ2) is 15.8. The van der Waals surface area contributed by atoms with Crippen molar-refractivity contribution in [2.24, 2.45) is 5.92 Å². The van der Waals surface area contributed by atoms with Gasteiger partial charge in [0.05, 0.1) is 25.9 Å². The van der Waals surface area contributed by atoms with E-state index < -0.39 is 98.6 Å². The van der Waals surface area contributed by atoms with Gasteiger partial charge in [0.25, 0.3) is 11.8 Å². The number of allylic oxidation sites excluding steroid dienone is 1. The topological polar surface area (TPSA) is 192 Å². The molecular weight excluding hydrogens is 788 g/mol. The van der Waals surface area contributed by atoms with Crippen molar-refractivity contribution < 1.29 is 59.7 Å². The maximum atomic E-state index is 14.7. The molecule has 3 N–H and O–H groups in total. The Balaban J connectivity index is 1.35. The highest BCUT2D eigenvalue weighted by Crippen LogP contribution is 2.48. The molecule has 0 spiro atoms. The molecule has 4 amide bonds. The Hall–Kier alpha value is -4.65. The minimum absolute atomic E-state index is 0.0140. The molecule has 2 aliphatic carbocycles. The zero-order valence-corrected chi connectivity index (χ0v) is 34.0. The Morgan fingerprint density at radius 3 is 2.52 bits per heavy atom. The maximum absolute atomic E-state index is 14.7. The minimum Gasteiger partial charge on any atom is -0.497 e. The number of methoxy groups -OCH3 is 1. The number of hydrogen-bond acceptors (Lipinski definition) is 11. The molecule has 7 atom stereocenters. The van der Waals surface area contributed by atoms with Crippen molar-refractivity contribution >= 4 is 44.6 Å². The Kier molecular flexibility index (Phi) is 11.7. The Morgan fingerprint density at radius 1 is 1.14 bits per heavy atom. The number of rotatable bonds is 10. The molecule has 2 saturated carbocycles. The van der Waals surface area contributed by atoms with Crippen LogP contribution in [-0.4, -0.2) is 115 Å². The minimum atomic E-state index is -4.45.